The van der Waals surface area contributed by atoms with Gasteiger partial charge in [-0.3, -0.25) is 4.79 Å². The first-order valence-electron chi connectivity index (χ1n) is 15.2. The quantitative estimate of drug-likeness (QED) is 0.355. The van der Waals surface area contributed by atoms with E-state index in [-0.39, 0.29) is 42.0 Å². The summed E-state index contributed by atoms with van der Waals surface area (Å²) in [5.41, 5.74) is 3.51. The number of rotatable bonds is 7. The summed E-state index contributed by atoms with van der Waals surface area (Å²) in [6.45, 7) is 4.99. The summed E-state index contributed by atoms with van der Waals surface area (Å²) in [5.74, 6) is -1.56. The number of likely N-dealkylation sites (tertiary alicyclic amines) is 1. The molecule has 5 rings (SSSR count). The first kappa shape index (κ1) is 28.1. The van der Waals surface area contributed by atoms with Gasteiger partial charge in [-0.15, -0.1) is 0 Å². The number of alkyl halides is 2. The smallest absolute Gasteiger partial charge is 0.248 e. The first-order valence-corrected chi connectivity index (χ1v) is 15.2. The van der Waals surface area contributed by atoms with Gasteiger partial charge in [0.1, 0.15) is 5.75 Å². The van der Waals surface area contributed by atoms with Gasteiger partial charge in [-0.1, -0.05) is 56.3 Å². The highest BCUT2D eigenvalue weighted by Gasteiger charge is 2.50. The predicted molar refractivity (Wildman–Crippen MR) is 153 cm³/mol. The first-order chi connectivity index (χ1) is 18.8. The Kier molecular flexibility index (Phi) is 8.35. The van der Waals surface area contributed by atoms with E-state index in [9.17, 15) is 13.6 Å². The van der Waals surface area contributed by atoms with Crippen molar-refractivity contribution in [2.75, 3.05) is 13.7 Å². The molecule has 1 aliphatic heterocycles. The summed E-state index contributed by atoms with van der Waals surface area (Å²) < 4.78 is 35.2. The van der Waals surface area contributed by atoms with Crippen molar-refractivity contribution in [3.63, 3.8) is 0 Å². The maximum absolute atomic E-state index is 14.7. The Morgan fingerprint density at radius 2 is 1.85 bits per heavy atom. The summed E-state index contributed by atoms with van der Waals surface area (Å²) in [7, 11) is 1.72. The van der Waals surface area contributed by atoms with Crippen molar-refractivity contribution < 1.29 is 18.3 Å². The molecule has 212 valence electrons. The van der Waals surface area contributed by atoms with Crippen molar-refractivity contribution in [2.45, 2.75) is 108 Å². The number of fused-ring (bicyclic) bond motifs is 1. The van der Waals surface area contributed by atoms with Crippen molar-refractivity contribution in [1.82, 2.24) is 4.90 Å². The lowest BCUT2D eigenvalue weighted by Crippen LogP contribution is -2.56. The normalized spacial score (nSPS) is 29.4. The minimum Gasteiger partial charge on any atom is -0.496 e. The van der Waals surface area contributed by atoms with Crippen LogP contribution in [0.5, 0.6) is 5.75 Å². The Hall–Kier alpha value is -2.43. The van der Waals surface area contributed by atoms with E-state index in [0.717, 1.165) is 57.1 Å². The topological polar surface area (TPSA) is 29.5 Å². The zero-order valence-electron chi connectivity index (χ0n) is 23.9. The van der Waals surface area contributed by atoms with Crippen LogP contribution in [0.15, 0.2) is 48.5 Å². The predicted octanol–water partition coefficient (Wildman–Crippen LogP) is 8.31. The lowest BCUT2D eigenvalue weighted by atomic mass is 9.60. The standard InChI is InChI=1S/C34H45F2NO2/c1-4-28(33(5-2)19-11-15-27-29(33)16-9-17-31(27)39-3)32(38)37-21-18-25(24-12-7-6-8-13-24)22-30(37)26-14-10-20-34(35,36)23-26/h6-9,12-13,16-17,25-26,28,30H,4-5,10-11,14-15,18-23H2,1-3H3. The Morgan fingerprint density at radius 3 is 2.54 bits per heavy atom. The lowest BCUT2D eigenvalue weighted by molar-refractivity contribution is -0.147. The van der Waals surface area contributed by atoms with Crippen LogP contribution >= 0.6 is 0 Å². The number of carbonyl (C=O) groups is 1. The largest absolute Gasteiger partial charge is 0.496 e. The van der Waals surface area contributed by atoms with E-state index in [1.807, 2.05) is 12.1 Å². The van der Waals surface area contributed by atoms with Crippen molar-refractivity contribution in [3.8, 4) is 5.75 Å². The number of hydrogen-bond donors (Lipinski definition) is 0. The summed E-state index contributed by atoms with van der Waals surface area (Å²) >= 11 is 0. The molecule has 0 N–H and O–H groups in total. The van der Waals surface area contributed by atoms with Gasteiger partial charge >= 0.3 is 0 Å². The van der Waals surface area contributed by atoms with Crippen molar-refractivity contribution in [2.24, 2.45) is 11.8 Å². The summed E-state index contributed by atoms with van der Waals surface area (Å²) in [6, 6.07) is 16.6. The Morgan fingerprint density at radius 1 is 1.05 bits per heavy atom. The molecular formula is C34H45F2NO2. The minimum absolute atomic E-state index is 0.0264. The van der Waals surface area contributed by atoms with Crippen molar-refractivity contribution in [3.05, 3.63) is 65.2 Å². The molecule has 2 fully saturated rings. The zero-order valence-corrected chi connectivity index (χ0v) is 23.9. The van der Waals surface area contributed by atoms with E-state index >= 15 is 0 Å². The highest BCUT2D eigenvalue weighted by molar-refractivity contribution is 5.81. The molecule has 3 nitrogen and oxygen atoms in total. The third-order valence-corrected chi connectivity index (χ3v) is 10.4. The summed E-state index contributed by atoms with van der Waals surface area (Å²) in [6.07, 6.45) is 7.44. The fraction of sp³-hybridized carbons (Fsp3) is 0.618. The Bertz CT molecular complexity index is 1140. The minimum atomic E-state index is -2.63. The van der Waals surface area contributed by atoms with Gasteiger partial charge < -0.3 is 9.64 Å². The van der Waals surface area contributed by atoms with Crippen molar-refractivity contribution in [1.29, 1.82) is 0 Å². The molecule has 0 bridgehead atoms. The Labute approximate surface area is 233 Å². The molecule has 0 radical (unpaired) electrons. The lowest BCUT2D eigenvalue weighted by Gasteiger charge is -2.50. The number of amides is 1. The SMILES string of the molecule is CCC(C(=O)N1CCC(c2ccccc2)CC1C1CCCC(F)(F)C1)C1(CC)CCCc2c(OC)cccc21. The number of methoxy groups -OCH3 is 1. The van der Waals surface area contributed by atoms with Crippen LogP contribution in [0.2, 0.25) is 0 Å². The van der Waals surface area contributed by atoms with Crippen LogP contribution in [0.3, 0.4) is 0 Å². The molecule has 2 aromatic rings. The average Bonchev–Trinajstić information content (AvgIpc) is 2.96. The third kappa shape index (κ3) is 5.35. The molecule has 1 heterocycles. The van der Waals surface area contributed by atoms with Crippen LogP contribution < -0.4 is 4.74 Å². The van der Waals surface area contributed by atoms with E-state index < -0.39 is 5.92 Å². The number of halogens is 2. The number of nitrogens with zero attached hydrogens (tertiary/aromatic N) is 1. The van der Waals surface area contributed by atoms with Gasteiger partial charge in [0.25, 0.3) is 0 Å². The van der Waals surface area contributed by atoms with E-state index in [1.54, 1.807) is 7.11 Å². The molecule has 5 atom stereocenters. The maximum atomic E-state index is 14.7. The fourth-order valence-corrected chi connectivity index (χ4v) is 8.46. The number of carbonyl (C=O) groups excluding carboxylic acids is 1. The molecule has 1 saturated carbocycles. The highest BCUT2D eigenvalue weighted by Crippen LogP contribution is 2.51. The average molecular weight is 538 g/mol. The molecule has 0 aromatic heterocycles. The highest BCUT2D eigenvalue weighted by atomic mass is 19.3. The van der Waals surface area contributed by atoms with Crippen LogP contribution in [0.1, 0.15) is 101 Å². The number of piperidine rings is 1. The molecule has 5 unspecified atom stereocenters. The molecular weight excluding hydrogens is 492 g/mol. The monoisotopic (exact) mass is 537 g/mol. The van der Waals surface area contributed by atoms with E-state index in [2.05, 4.69) is 55.1 Å². The molecule has 3 aliphatic rings. The van der Waals surface area contributed by atoms with Gasteiger partial charge in [0.15, 0.2) is 0 Å². The van der Waals surface area contributed by atoms with Gasteiger partial charge in [0, 0.05) is 36.8 Å². The third-order valence-electron chi connectivity index (χ3n) is 10.4. The zero-order chi connectivity index (χ0) is 27.6. The van der Waals surface area contributed by atoms with Crippen LogP contribution in [0.25, 0.3) is 0 Å². The molecule has 1 amide bonds. The second-order valence-electron chi connectivity index (χ2n) is 12.3. The molecule has 0 spiro atoms. The molecule has 2 aliphatic carbocycles. The second-order valence-corrected chi connectivity index (χ2v) is 12.3. The Balaban J connectivity index is 1.50. The van der Waals surface area contributed by atoms with E-state index in [1.165, 1.54) is 16.7 Å². The number of hydrogen-bond acceptors (Lipinski definition) is 2. The second kappa shape index (κ2) is 11.6. The van der Waals surface area contributed by atoms with Crippen LogP contribution in [0.4, 0.5) is 8.78 Å². The molecule has 1 saturated heterocycles. The van der Waals surface area contributed by atoms with Gasteiger partial charge in [-0.05, 0) is 92.4 Å². The number of benzene rings is 2. The van der Waals surface area contributed by atoms with E-state index in [0.29, 0.717) is 18.9 Å². The van der Waals surface area contributed by atoms with Crippen LogP contribution in [-0.2, 0) is 16.6 Å². The summed E-state index contributed by atoms with van der Waals surface area (Å²) in [4.78, 5) is 16.8. The van der Waals surface area contributed by atoms with Crippen molar-refractivity contribution >= 4 is 5.91 Å². The number of ether oxygens (including phenoxy) is 1. The van der Waals surface area contributed by atoms with Gasteiger partial charge in [-0.2, -0.15) is 0 Å². The van der Waals surface area contributed by atoms with Gasteiger partial charge in [0.2, 0.25) is 11.8 Å². The van der Waals surface area contributed by atoms with Crippen LogP contribution in [0, 0.1) is 11.8 Å². The van der Waals surface area contributed by atoms with Gasteiger partial charge in [-0.25, -0.2) is 8.78 Å². The summed E-state index contributed by atoms with van der Waals surface area (Å²) in [5, 5.41) is 0. The molecule has 39 heavy (non-hydrogen) atoms. The molecule has 5 heteroatoms. The van der Waals surface area contributed by atoms with Gasteiger partial charge in [0.05, 0.1) is 7.11 Å². The fourth-order valence-electron chi connectivity index (χ4n) is 8.46. The molecule has 2 aromatic carbocycles. The van der Waals surface area contributed by atoms with E-state index in [4.69, 9.17) is 4.74 Å². The van der Waals surface area contributed by atoms with Crippen LogP contribution in [-0.4, -0.2) is 36.4 Å². The maximum Gasteiger partial charge on any atom is 0.248 e.